The number of aliphatic hydroxyl groups excluding tert-OH is 1. The molecule has 0 atom stereocenters. The van der Waals surface area contributed by atoms with Crippen molar-refractivity contribution in [1.82, 2.24) is 9.97 Å². The van der Waals surface area contributed by atoms with Crippen LogP contribution in [-0.4, -0.2) is 28.2 Å². The summed E-state index contributed by atoms with van der Waals surface area (Å²) in [5.41, 5.74) is 2.30. The quantitative estimate of drug-likeness (QED) is 0.540. The molecule has 0 saturated carbocycles. The zero-order valence-corrected chi connectivity index (χ0v) is 14.3. The van der Waals surface area contributed by atoms with Gasteiger partial charge in [0.15, 0.2) is 0 Å². The molecule has 0 spiro atoms. The first-order chi connectivity index (χ1) is 12.8. The molecule has 0 saturated heterocycles. The number of aromatic nitrogens is 2. The van der Waals surface area contributed by atoms with Crippen LogP contribution in [0.15, 0.2) is 60.7 Å². The van der Waals surface area contributed by atoms with Crippen LogP contribution in [0.2, 0.25) is 0 Å². The van der Waals surface area contributed by atoms with Gasteiger partial charge in [-0.1, -0.05) is 48.5 Å². The van der Waals surface area contributed by atoms with Crippen LogP contribution < -0.4 is 10.6 Å². The first-order valence-electron chi connectivity index (χ1n) is 8.53. The zero-order valence-electron chi connectivity index (χ0n) is 14.3. The van der Waals surface area contributed by atoms with Crippen molar-refractivity contribution in [3.63, 3.8) is 0 Å². The van der Waals surface area contributed by atoms with Crippen molar-refractivity contribution < 1.29 is 9.50 Å². The smallest absolute Gasteiger partial charge is 0.225 e. The minimum atomic E-state index is -0.251. The fraction of sp³-hybridized carbons (Fsp3) is 0.200. The summed E-state index contributed by atoms with van der Waals surface area (Å²) in [6.07, 6.45) is 0.608. The Hall–Kier alpha value is -2.99. The van der Waals surface area contributed by atoms with E-state index in [2.05, 4.69) is 20.6 Å². The highest BCUT2D eigenvalue weighted by atomic mass is 19.1. The summed E-state index contributed by atoms with van der Waals surface area (Å²) in [6.45, 7) is 0.999. The van der Waals surface area contributed by atoms with Gasteiger partial charge in [0.05, 0.1) is 5.69 Å². The Labute approximate surface area is 152 Å². The van der Waals surface area contributed by atoms with Gasteiger partial charge in [0, 0.05) is 36.9 Å². The Morgan fingerprint density at radius 1 is 0.923 bits per heavy atom. The summed E-state index contributed by atoms with van der Waals surface area (Å²) >= 11 is 0. The number of benzene rings is 2. The first kappa shape index (κ1) is 17.8. The summed E-state index contributed by atoms with van der Waals surface area (Å²) in [4.78, 5) is 8.97. The number of rotatable bonds is 8. The monoisotopic (exact) mass is 352 g/mol. The van der Waals surface area contributed by atoms with Crippen molar-refractivity contribution in [2.75, 3.05) is 23.8 Å². The molecule has 0 aliphatic rings. The van der Waals surface area contributed by atoms with E-state index in [9.17, 15) is 4.39 Å². The molecule has 2 aromatic carbocycles. The van der Waals surface area contributed by atoms with E-state index in [1.54, 1.807) is 18.2 Å². The Balaban J connectivity index is 1.83. The normalized spacial score (nSPS) is 10.5. The summed E-state index contributed by atoms with van der Waals surface area (Å²) in [6, 6.07) is 18.3. The van der Waals surface area contributed by atoms with Gasteiger partial charge in [-0.25, -0.2) is 9.37 Å². The molecule has 26 heavy (non-hydrogen) atoms. The second kappa shape index (κ2) is 8.92. The van der Waals surface area contributed by atoms with Crippen LogP contribution >= 0.6 is 0 Å². The Kier molecular flexibility index (Phi) is 6.11. The molecule has 1 heterocycles. The van der Waals surface area contributed by atoms with Gasteiger partial charge in [-0.2, -0.15) is 4.98 Å². The highest BCUT2D eigenvalue weighted by Gasteiger charge is 2.08. The summed E-state index contributed by atoms with van der Waals surface area (Å²) in [5.74, 6) is 0.822. The third kappa shape index (κ3) is 4.77. The van der Waals surface area contributed by atoms with E-state index < -0.39 is 0 Å². The lowest BCUT2D eigenvalue weighted by Gasteiger charge is -2.12. The van der Waals surface area contributed by atoms with Gasteiger partial charge in [0.1, 0.15) is 11.6 Å². The van der Waals surface area contributed by atoms with Crippen molar-refractivity contribution >= 4 is 11.8 Å². The summed E-state index contributed by atoms with van der Waals surface area (Å²) in [7, 11) is 0. The highest BCUT2D eigenvalue weighted by Crippen LogP contribution is 2.22. The molecular formula is C20H21FN4O. The molecule has 3 N–H and O–H groups in total. The van der Waals surface area contributed by atoms with Crippen LogP contribution in [0, 0.1) is 5.82 Å². The number of anilines is 2. The van der Waals surface area contributed by atoms with Crippen molar-refractivity contribution in [2.24, 2.45) is 0 Å². The van der Waals surface area contributed by atoms with Crippen LogP contribution in [0.3, 0.4) is 0 Å². The fourth-order valence-corrected chi connectivity index (χ4v) is 2.48. The van der Waals surface area contributed by atoms with Crippen LogP contribution in [0.5, 0.6) is 0 Å². The molecule has 0 bridgehead atoms. The average molecular weight is 352 g/mol. The highest BCUT2D eigenvalue weighted by molar-refractivity contribution is 5.64. The topological polar surface area (TPSA) is 70.1 Å². The molecule has 0 amide bonds. The number of hydrogen-bond donors (Lipinski definition) is 3. The van der Waals surface area contributed by atoms with Crippen LogP contribution in [-0.2, 0) is 6.54 Å². The fourth-order valence-electron chi connectivity index (χ4n) is 2.48. The lowest BCUT2D eigenvalue weighted by molar-refractivity contribution is 0.292. The lowest BCUT2D eigenvalue weighted by atomic mass is 10.1. The number of nitrogens with one attached hydrogen (secondary N) is 2. The van der Waals surface area contributed by atoms with Crippen LogP contribution in [0.4, 0.5) is 16.2 Å². The van der Waals surface area contributed by atoms with Gasteiger partial charge in [-0.05, 0) is 12.5 Å². The van der Waals surface area contributed by atoms with Gasteiger partial charge in [0.2, 0.25) is 5.95 Å². The molecule has 0 aliphatic carbocycles. The summed E-state index contributed by atoms with van der Waals surface area (Å²) in [5, 5.41) is 15.2. The van der Waals surface area contributed by atoms with Crippen molar-refractivity contribution in [3.8, 4) is 11.3 Å². The largest absolute Gasteiger partial charge is 0.396 e. The third-order valence-corrected chi connectivity index (χ3v) is 3.83. The molecule has 0 aliphatic heterocycles. The molecular weight excluding hydrogens is 331 g/mol. The van der Waals surface area contributed by atoms with Crippen molar-refractivity contribution in [1.29, 1.82) is 0 Å². The maximum Gasteiger partial charge on any atom is 0.225 e. The lowest BCUT2D eigenvalue weighted by Crippen LogP contribution is -2.10. The molecule has 0 unspecified atom stereocenters. The number of hydrogen-bond acceptors (Lipinski definition) is 5. The van der Waals surface area contributed by atoms with Gasteiger partial charge in [-0.15, -0.1) is 0 Å². The molecule has 3 aromatic rings. The van der Waals surface area contributed by atoms with E-state index in [0.717, 1.165) is 11.3 Å². The van der Waals surface area contributed by atoms with Gasteiger partial charge in [0.25, 0.3) is 0 Å². The molecule has 134 valence electrons. The molecule has 0 radical (unpaired) electrons. The Morgan fingerprint density at radius 2 is 1.69 bits per heavy atom. The maximum atomic E-state index is 13.8. The van der Waals surface area contributed by atoms with E-state index in [4.69, 9.17) is 5.11 Å². The van der Waals surface area contributed by atoms with E-state index in [-0.39, 0.29) is 12.4 Å². The number of halogens is 1. The first-order valence-corrected chi connectivity index (χ1v) is 8.53. The average Bonchev–Trinajstić information content (AvgIpc) is 2.68. The predicted octanol–water partition coefficient (Wildman–Crippen LogP) is 3.69. The Morgan fingerprint density at radius 3 is 2.46 bits per heavy atom. The second-order valence-electron chi connectivity index (χ2n) is 5.78. The number of aliphatic hydroxyl groups is 1. The van der Waals surface area contributed by atoms with Gasteiger partial charge >= 0.3 is 0 Å². The van der Waals surface area contributed by atoms with Crippen LogP contribution in [0.25, 0.3) is 11.3 Å². The van der Waals surface area contributed by atoms with Gasteiger partial charge in [-0.3, -0.25) is 0 Å². The predicted molar refractivity (Wildman–Crippen MR) is 101 cm³/mol. The van der Waals surface area contributed by atoms with Gasteiger partial charge < -0.3 is 15.7 Å². The summed E-state index contributed by atoms with van der Waals surface area (Å²) < 4.78 is 13.8. The molecule has 3 rings (SSSR count). The molecule has 0 fully saturated rings. The minimum absolute atomic E-state index is 0.101. The number of nitrogens with zero attached hydrogens (tertiary/aromatic N) is 2. The van der Waals surface area contributed by atoms with Crippen molar-refractivity contribution in [2.45, 2.75) is 13.0 Å². The molecule has 6 heteroatoms. The standard InChI is InChI=1S/C20H21FN4O/c21-17-10-5-4-9-16(17)14-23-19-13-18(15-7-2-1-3-8-15)24-20(25-19)22-11-6-12-26/h1-5,7-10,13,26H,6,11-12,14H2,(H2,22,23,24,25). The maximum absolute atomic E-state index is 13.8. The molecule has 5 nitrogen and oxygen atoms in total. The SMILES string of the molecule is OCCCNc1nc(NCc2ccccc2F)cc(-c2ccccc2)n1. The zero-order chi connectivity index (χ0) is 18.2. The van der Waals surface area contributed by atoms with E-state index in [1.165, 1.54) is 6.07 Å². The van der Waals surface area contributed by atoms with E-state index >= 15 is 0 Å². The van der Waals surface area contributed by atoms with Crippen LogP contribution in [0.1, 0.15) is 12.0 Å². The van der Waals surface area contributed by atoms with Crippen molar-refractivity contribution in [3.05, 3.63) is 72.0 Å². The Bertz CT molecular complexity index is 842. The van der Waals surface area contributed by atoms with E-state index in [0.29, 0.717) is 36.8 Å². The second-order valence-corrected chi connectivity index (χ2v) is 5.78. The minimum Gasteiger partial charge on any atom is -0.396 e. The third-order valence-electron chi connectivity index (χ3n) is 3.83. The molecule has 1 aromatic heterocycles. The van der Waals surface area contributed by atoms with E-state index in [1.807, 2.05) is 36.4 Å².